The fourth-order valence-corrected chi connectivity index (χ4v) is 1.67. The first-order valence-electron chi connectivity index (χ1n) is 6.55. The SMILES string of the molecule is CC(CNc1nc(C(F)(F)F)ccc1C(N)=S)C(C)(C)C. The van der Waals surface area contributed by atoms with Gasteiger partial charge in [0.2, 0.25) is 0 Å². The second kappa shape index (κ2) is 6.17. The fourth-order valence-electron chi connectivity index (χ4n) is 1.51. The first-order valence-corrected chi connectivity index (χ1v) is 6.95. The summed E-state index contributed by atoms with van der Waals surface area (Å²) in [5.74, 6) is 0.307. The number of alkyl halides is 3. The normalized spacial score (nSPS) is 13.9. The molecule has 1 aromatic rings. The molecule has 1 aromatic heterocycles. The summed E-state index contributed by atoms with van der Waals surface area (Å²) in [5, 5.41) is 2.93. The number of nitrogens with zero attached hydrogens (tertiary/aromatic N) is 1. The van der Waals surface area contributed by atoms with Gasteiger partial charge in [0.15, 0.2) is 0 Å². The second-order valence-electron chi connectivity index (χ2n) is 6.10. The van der Waals surface area contributed by atoms with E-state index in [1.807, 2.05) is 6.92 Å². The maximum absolute atomic E-state index is 12.7. The number of hydrogen-bond donors (Lipinski definition) is 2. The first kappa shape index (κ1) is 17.7. The van der Waals surface area contributed by atoms with Crippen LogP contribution in [0.15, 0.2) is 12.1 Å². The molecule has 0 aromatic carbocycles. The monoisotopic (exact) mass is 319 g/mol. The quantitative estimate of drug-likeness (QED) is 0.828. The molecule has 1 rings (SSSR count). The average Bonchev–Trinajstić information content (AvgIpc) is 2.33. The third-order valence-electron chi connectivity index (χ3n) is 3.51. The standard InChI is InChI=1S/C14H20F3N3S/c1-8(13(2,3)4)7-19-12-9(11(18)21)5-6-10(20-12)14(15,16)17/h5-6,8H,7H2,1-4H3,(H2,18,21)(H,19,20). The Kier molecular flexibility index (Phi) is 5.20. The van der Waals surface area contributed by atoms with Gasteiger partial charge in [0, 0.05) is 6.54 Å². The molecule has 1 unspecified atom stereocenters. The summed E-state index contributed by atoms with van der Waals surface area (Å²) in [5.41, 5.74) is 4.92. The van der Waals surface area contributed by atoms with Crippen LogP contribution in [0.2, 0.25) is 0 Å². The molecular formula is C14H20F3N3S. The van der Waals surface area contributed by atoms with E-state index in [1.165, 1.54) is 6.07 Å². The van der Waals surface area contributed by atoms with Gasteiger partial charge in [0.25, 0.3) is 0 Å². The molecule has 21 heavy (non-hydrogen) atoms. The molecule has 0 aliphatic carbocycles. The highest BCUT2D eigenvalue weighted by Gasteiger charge is 2.33. The third-order valence-corrected chi connectivity index (χ3v) is 3.73. The maximum atomic E-state index is 12.7. The smallest absolute Gasteiger partial charge is 0.389 e. The lowest BCUT2D eigenvalue weighted by Crippen LogP contribution is -2.26. The number of aromatic nitrogens is 1. The fraction of sp³-hybridized carbons (Fsp3) is 0.571. The molecule has 0 aliphatic rings. The Balaban J connectivity index is 3.05. The summed E-state index contributed by atoms with van der Waals surface area (Å²) in [4.78, 5) is 3.63. The van der Waals surface area contributed by atoms with Crippen LogP contribution < -0.4 is 11.1 Å². The molecule has 3 N–H and O–H groups in total. The van der Waals surface area contributed by atoms with Crippen molar-refractivity contribution in [3.05, 3.63) is 23.4 Å². The molecule has 0 bridgehead atoms. The lowest BCUT2D eigenvalue weighted by Gasteiger charge is -2.28. The molecule has 0 fully saturated rings. The van der Waals surface area contributed by atoms with Crippen LogP contribution in [0, 0.1) is 11.3 Å². The number of pyridine rings is 1. The lowest BCUT2D eigenvalue weighted by molar-refractivity contribution is -0.141. The molecule has 0 radical (unpaired) electrons. The van der Waals surface area contributed by atoms with E-state index >= 15 is 0 Å². The maximum Gasteiger partial charge on any atom is 0.433 e. The third kappa shape index (κ3) is 4.84. The lowest BCUT2D eigenvalue weighted by atomic mass is 9.82. The van der Waals surface area contributed by atoms with Gasteiger partial charge in [0.1, 0.15) is 16.5 Å². The molecular weight excluding hydrogens is 299 g/mol. The molecule has 0 amide bonds. The van der Waals surface area contributed by atoms with Crippen molar-refractivity contribution < 1.29 is 13.2 Å². The zero-order chi connectivity index (χ0) is 16.4. The van der Waals surface area contributed by atoms with Crippen LogP contribution in [0.1, 0.15) is 39.0 Å². The Labute approximate surface area is 128 Å². The summed E-state index contributed by atoms with van der Waals surface area (Å²) >= 11 is 4.86. The van der Waals surface area contributed by atoms with E-state index in [0.29, 0.717) is 12.1 Å². The van der Waals surface area contributed by atoms with E-state index in [0.717, 1.165) is 6.07 Å². The minimum Gasteiger partial charge on any atom is -0.389 e. The van der Waals surface area contributed by atoms with E-state index in [-0.39, 0.29) is 22.1 Å². The Bertz CT molecular complexity index is 521. The zero-order valence-corrected chi connectivity index (χ0v) is 13.3. The van der Waals surface area contributed by atoms with Crippen molar-refractivity contribution >= 4 is 23.0 Å². The Morgan fingerprint density at radius 2 is 1.90 bits per heavy atom. The van der Waals surface area contributed by atoms with Crippen LogP contribution in [0.3, 0.4) is 0 Å². The Morgan fingerprint density at radius 3 is 2.33 bits per heavy atom. The van der Waals surface area contributed by atoms with Gasteiger partial charge in [-0.1, -0.05) is 39.9 Å². The second-order valence-corrected chi connectivity index (χ2v) is 6.54. The molecule has 3 nitrogen and oxygen atoms in total. The van der Waals surface area contributed by atoms with Gasteiger partial charge in [-0.2, -0.15) is 13.2 Å². The van der Waals surface area contributed by atoms with Gasteiger partial charge in [-0.05, 0) is 23.5 Å². The largest absolute Gasteiger partial charge is 0.433 e. The highest BCUT2D eigenvalue weighted by molar-refractivity contribution is 7.80. The van der Waals surface area contributed by atoms with Crippen molar-refractivity contribution in [2.24, 2.45) is 17.1 Å². The summed E-state index contributed by atoms with van der Waals surface area (Å²) in [6.45, 7) is 8.68. The van der Waals surface area contributed by atoms with Crippen molar-refractivity contribution in [2.45, 2.75) is 33.9 Å². The molecule has 1 heterocycles. The number of rotatable bonds is 4. The van der Waals surface area contributed by atoms with Crippen molar-refractivity contribution in [3.8, 4) is 0 Å². The number of anilines is 1. The van der Waals surface area contributed by atoms with Gasteiger partial charge in [-0.25, -0.2) is 4.98 Å². The minimum atomic E-state index is -4.50. The van der Waals surface area contributed by atoms with Crippen molar-refractivity contribution in [2.75, 3.05) is 11.9 Å². The van der Waals surface area contributed by atoms with E-state index in [4.69, 9.17) is 18.0 Å². The van der Waals surface area contributed by atoms with E-state index in [1.54, 1.807) is 0 Å². The van der Waals surface area contributed by atoms with Gasteiger partial charge < -0.3 is 11.1 Å². The van der Waals surface area contributed by atoms with Gasteiger partial charge in [0.05, 0.1) is 5.56 Å². The highest BCUT2D eigenvalue weighted by atomic mass is 32.1. The number of nitrogens with one attached hydrogen (secondary N) is 1. The number of hydrogen-bond acceptors (Lipinski definition) is 3. The van der Waals surface area contributed by atoms with Crippen molar-refractivity contribution in [3.63, 3.8) is 0 Å². The van der Waals surface area contributed by atoms with E-state index in [2.05, 4.69) is 31.1 Å². The van der Waals surface area contributed by atoms with E-state index < -0.39 is 11.9 Å². The van der Waals surface area contributed by atoms with Crippen LogP contribution in [0.25, 0.3) is 0 Å². The van der Waals surface area contributed by atoms with E-state index in [9.17, 15) is 13.2 Å². The van der Waals surface area contributed by atoms with Crippen molar-refractivity contribution in [1.82, 2.24) is 4.98 Å². The molecule has 0 aliphatic heterocycles. The van der Waals surface area contributed by atoms with Crippen molar-refractivity contribution in [1.29, 1.82) is 0 Å². The molecule has 0 spiro atoms. The van der Waals surface area contributed by atoms with Crippen LogP contribution in [0.4, 0.5) is 19.0 Å². The van der Waals surface area contributed by atoms with Gasteiger partial charge in [-0.15, -0.1) is 0 Å². The van der Waals surface area contributed by atoms with Crippen LogP contribution in [-0.4, -0.2) is 16.5 Å². The van der Waals surface area contributed by atoms with Crippen LogP contribution >= 0.6 is 12.2 Å². The summed E-state index contributed by atoms with van der Waals surface area (Å²) < 4.78 is 38.2. The van der Waals surface area contributed by atoms with Crippen LogP contribution in [-0.2, 0) is 6.18 Å². The van der Waals surface area contributed by atoms with Gasteiger partial charge in [-0.3, -0.25) is 0 Å². The van der Waals surface area contributed by atoms with Gasteiger partial charge >= 0.3 is 6.18 Å². The highest BCUT2D eigenvalue weighted by Crippen LogP contribution is 2.30. The zero-order valence-electron chi connectivity index (χ0n) is 12.5. The molecule has 0 saturated carbocycles. The minimum absolute atomic E-state index is 0.0159. The molecule has 118 valence electrons. The first-order chi connectivity index (χ1) is 9.43. The summed E-state index contributed by atoms with van der Waals surface area (Å²) in [7, 11) is 0. The molecule has 0 saturated heterocycles. The molecule has 7 heteroatoms. The predicted octanol–water partition coefficient (Wildman–Crippen LogP) is 3.83. The number of halogens is 3. The topological polar surface area (TPSA) is 50.9 Å². The summed E-state index contributed by atoms with van der Waals surface area (Å²) in [6.07, 6.45) is -4.50. The predicted molar refractivity (Wildman–Crippen MR) is 82.2 cm³/mol. The Hall–Kier alpha value is -1.37. The summed E-state index contributed by atoms with van der Waals surface area (Å²) in [6, 6.07) is 2.13. The number of nitrogens with two attached hydrogens (primary N) is 1. The van der Waals surface area contributed by atoms with Crippen LogP contribution in [0.5, 0.6) is 0 Å². The Morgan fingerprint density at radius 1 is 1.33 bits per heavy atom. The molecule has 1 atom stereocenters. The number of thiocarbonyl (C=S) groups is 1. The average molecular weight is 319 g/mol.